The van der Waals surface area contributed by atoms with Crippen molar-refractivity contribution in [2.24, 2.45) is 5.73 Å². The summed E-state index contributed by atoms with van der Waals surface area (Å²) in [4.78, 5) is 0. The van der Waals surface area contributed by atoms with Crippen molar-refractivity contribution >= 4 is 23.2 Å². The molecule has 0 bridgehead atoms. The SMILES string of the molecule is NCCC1(c2ccc(Cl)c(Cl)c2)CCCC(O)C1. The summed E-state index contributed by atoms with van der Waals surface area (Å²) in [7, 11) is 0. The highest BCUT2D eigenvalue weighted by Gasteiger charge is 2.36. The lowest BCUT2D eigenvalue weighted by Crippen LogP contribution is -2.37. The summed E-state index contributed by atoms with van der Waals surface area (Å²) in [6.07, 6.45) is 4.37. The fourth-order valence-corrected chi connectivity index (χ4v) is 3.37. The molecular weight excluding hydrogens is 269 g/mol. The zero-order chi connectivity index (χ0) is 13.2. The van der Waals surface area contributed by atoms with Crippen LogP contribution in [0.3, 0.4) is 0 Å². The van der Waals surface area contributed by atoms with Gasteiger partial charge in [0.15, 0.2) is 0 Å². The van der Waals surface area contributed by atoms with E-state index in [1.807, 2.05) is 18.2 Å². The van der Waals surface area contributed by atoms with Crippen molar-refractivity contribution in [1.29, 1.82) is 0 Å². The number of aliphatic hydroxyl groups excluding tert-OH is 1. The third kappa shape index (κ3) is 2.83. The predicted molar refractivity (Wildman–Crippen MR) is 76.3 cm³/mol. The Morgan fingerprint density at radius 1 is 1.33 bits per heavy atom. The Morgan fingerprint density at radius 2 is 2.11 bits per heavy atom. The molecular formula is C14H19Cl2NO. The second-order valence-electron chi connectivity index (χ2n) is 5.20. The van der Waals surface area contributed by atoms with Crippen molar-refractivity contribution in [3.8, 4) is 0 Å². The molecule has 0 spiro atoms. The largest absolute Gasteiger partial charge is 0.393 e. The number of benzene rings is 1. The van der Waals surface area contributed by atoms with Crippen LogP contribution in [0.2, 0.25) is 10.0 Å². The van der Waals surface area contributed by atoms with Gasteiger partial charge in [-0.2, -0.15) is 0 Å². The van der Waals surface area contributed by atoms with Crippen molar-refractivity contribution in [2.75, 3.05) is 6.54 Å². The van der Waals surface area contributed by atoms with Gasteiger partial charge < -0.3 is 10.8 Å². The minimum absolute atomic E-state index is 0.0410. The number of halogens is 2. The quantitative estimate of drug-likeness (QED) is 0.894. The van der Waals surface area contributed by atoms with Crippen LogP contribution in [0, 0.1) is 0 Å². The van der Waals surface area contributed by atoms with E-state index in [2.05, 4.69) is 0 Å². The Hall–Kier alpha value is -0.280. The van der Waals surface area contributed by atoms with E-state index < -0.39 is 0 Å². The van der Waals surface area contributed by atoms with Crippen molar-refractivity contribution in [2.45, 2.75) is 43.6 Å². The van der Waals surface area contributed by atoms with Crippen molar-refractivity contribution in [1.82, 2.24) is 0 Å². The lowest BCUT2D eigenvalue weighted by Gasteiger charge is -2.40. The molecule has 1 aliphatic rings. The maximum absolute atomic E-state index is 9.96. The molecule has 0 heterocycles. The lowest BCUT2D eigenvalue weighted by atomic mass is 9.66. The average molecular weight is 288 g/mol. The predicted octanol–water partition coefficient (Wildman–Crippen LogP) is 3.51. The molecule has 2 atom stereocenters. The van der Waals surface area contributed by atoms with Crippen LogP contribution in [0.15, 0.2) is 18.2 Å². The van der Waals surface area contributed by atoms with Crippen molar-refractivity contribution in [3.63, 3.8) is 0 Å². The summed E-state index contributed by atoms with van der Waals surface area (Å²) in [6.45, 7) is 0.618. The molecule has 2 unspecified atom stereocenters. The van der Waals surface area contributed by atoms with Crippen LogP contribution >= 0.6 is 23.2 Å². The highest BCUT2D eigenvalue weighted by atomic mass is 35.5. The highest BCUT2D eigenvalue weighted by Crippen LogP contribution is 2.43. The first-order valence-electron chi connectivity index (χ1n) is 6.41. The Bertz CT molecular complexity index is 420. The lowest BCUT2D eigenvalue weighted by molar-refractivity contribution is 0.0815. The molecule has 100 valence electrons. The van der Waals surface area contributed by atoms with Crippen LogP contribution in [0.1, 0.15) is 37.7 Å². The fraction of sp³-hybridized carbons (Fsp3) is 0.571. The monoisotopic (exact) mass is 287 g/mol. The van der Waals surface area contributed by atoms with Crippen LogP contribution in [-0.4, -0.2) is 17.8 Å². The number of nitrogens with two attached hydrogens (primary N) is 1. The second kappa shape index (κ2) is 5.79. The first-order valence-corrected chi connectivity index (χ1v) is 7.17. The second-order valence-corrected chi connectivity index (χ2v) is 6.01. The molecule has 1 aromatic carbocycles. The molecule has 0 aromatic heterocycles. The molecule has 2 rings (SSSR count). The number of hydrogen-bond acceptors (Lipinski definition) is 2. The molecule has 2 nitrogen and oxygen atoms in total. The van der Waals surface area contributed by atoms with E-state index in [1.165, 1.54) is 0 Å². The first kappa shape index (κ1) is 14.1. The minimum Gasteiger partial charge on any atom is -0.393 e. The van der Waals surface area contributed by atoms with Crippen molar-refractivity contribution < 1.29 is 5.11 Å². The van der Waals surface area contributed by atoms with Gasteiger partial charge in [-0.1, -0.05) is 29.3 Å². The first-order chi connectivity index (χ1) is 8.57. The van der Waals surface area contributed by atoms with Crippen LogP contribution < -0.4 is 5.73 Å². The molecule has 4 heteroatoms. The van der Waals surface area contributed by atoms with Gasteiger partial charge in [-0.25, -0.2) is 0 Å². The molecule has 1 fully saturated rings. The Labute approximate surface area is 118 Å². The van der Waals surface area contributed by atoms with Gasteiger partial charge in [0.2, 0.25) is 0 Å². The Morgan fingerprint density at radius 3 is 2.72 bits per heavy atom. The number of rotatable bonds is 3. The minimum atomic E-state index is -0.236. The topological polar surface area (TPSA) is 46.2 Å². The summed E-state index contributed by atoms with van der Waals surface area (Å²) in [5, 5.41) is 11.1. The third-order valence-electron chi connectivity index (χ3n) is 3.97. The molecule has 18 heavy (non-hydrogen) atoms. The molecule has 3 N–H and O–H groups in total. The maximum atomic E-state index is 9.96. The normalized spacial score (nSPS) is 28.3. The van der Waals surface area contributed by atoms with E-state index in [-0.39, 0.29) is 11.5 Å². The molecule has 0 saturated heterocycles. The van der Waals surface area contributed by atoms with Gasteiger partial charge in [-0.3, -0.25) is 0 Å². The molecule has 0 aliphatic heterocycles. The van der Waals surface area contributed by atoms with E-state index in [4.69, 9.17) is 28.9 Å². The summed E-state index contributed by atoms with van der Waals surface area (Å²) in [6, 6.07) is 5.78. The highest BCUT2D eigenvalue weighted by molar-refractivity contribution is 6.42. The van der Waals surface area contributed by atoms with Gasteiger partial charge in [0.05, 0.1) is 16.1 Å². The van der Waals surface area contributed by atoms with Crippen molar-refractivity contribution in [3.05, 3.63) is 33.8 Å². The standard InChI is InChI=1S/C14H19Cl2NO/c15-12-4-3-10(8-13(12)16)14(6-7-17)5-1-2-11(18)9-14/h3-4,8,11,18H,1-2,5-7,9,17H2. The Kier molecular flexibility index (Phi) is 4.54. The fourth-order valence-electron chi connectivity index (χ4n) is 3.07. The van der Waals surface area contributed by atoms with E-state index in [9.17, 15) is 5.11 Å². The van der Waals surface area contributed by atoms with Crippen LogP contribution in [0.25, 0.3) is 0 Å². The van der Waals surface area contributed by atoms with Gasteiger partial charge in [-0.15, -0.1) is 0 Å². The van der Waals surface area contributed by atoms with E-state index in [0.717, 1.165) is 37.7 Å². The summed E-state index contributed by atoms with van der Waals surface area (Å²) < 4.78 is 0. The van der Waals surface area contributed by atoms with Gasteiger partial charge >= 0.3 is 0 Å². The zero-order valence-corrected chi connectivity index (χ0v) is 11.8. The third-order valence-corrected chi connectivity index (χ3v) is 4.71. The smallest absolute Gasteiger partial charge is 0.0595 e. The van der Waals surface area contributed by atoms with Crippen LogP contribution in [-0.2, 0) is 5.41 Å². The molecule has 1 saturated carbocycles. The molecule has 1 aromatic rings. The van der Waals surface area contributed by atoms with Gasteiger partial charge in [0.25, 0.3) is 0 Å². The van der Waals surface area contributed by atoms with E-state index >= 15 is 0 Å². The van der Waals surface area contributed by atoms with Gasteiger partial charge in [0, 0.05) is 0 Å². The average Bonchev–Trinajstić information content (AvgIpc) is 2.33. The van der Waals surface area contributed by atoms with Gasteiger partial charge in [-0.05, 0) is 61.8 Å². The van der Waals surface area contributed by atoms with E-state index in [1.54, 1.807) is 0 Å². The zero-order valence-electron chi connectivity index (χ0n) is 10.3. The summed E-state index contributed by atoms with van der Waals surface area (Å²) in [5.41, 5.74) is 6.87. The van der Waals surface area contributed by atoms with Gasteiger partial charge in [0.1, 0.15) is 0 Å². The van der Waals surface area contributed by atoms with E-state index in [0.29, 0.717) is 16.6 Å². The van der Waals surface area contributed by atoms with Crippen LogP contribution in [0.4, 0.5) is 0 Å². The maximum Gasteiger partial charge on any atom is 0.0595 e. The molecule has 0 amide bonds. The Balaban J connectivity index is 2.36. The van der Waals surface area contributed by atoms with Crippen LogP contribution in [0.5, 0.6) is 0 Å². The molecule has 1 aliphatic carbocycles. The molecule has 0 radical (unpaired) electrons. The summed E-state index contributed by atoms with van der Waals surface area (Å²) in [5.74, 6) is 0. The number of aliphatic hydroxyl groups is 1. The number of hydrogen-bond donors (Lipinski definition) is 2. The summed E-state index contributed by atoms with van der Waals surface area (Å²) >= 11 is 12.1.